The van der Waals surface area contributed by atoms with Gasteiger partial charge in [-0.05, 0) is 57.0 Å². The summed E-state index contributed by atoms with van der Waals surface area (Å²) < 4.78 is 15.5. The number of hydrogen-bond acceptors (Lipinski definition) is 8. The highest BCUT2D eigenvalue weighted by Gasteiger charge is 2.40. The fourth-order valence-electron chi connectivity index (χ4n) is 4.77. The zero-order valence-corrected chi connectivity index (χ0v) is 27.5. The lowest BCUT2D eigenvalue weighted by molar-refractivity contribution is -0.870. The fraction of sp³-hybridized carbons (Fsp3) is 0.931. The van der Waals surface area contributed by atoms with E-state index in [4.69, 9.17) is 19.3 Å². The number of aliphatic hydroxyl groups excluding tert-OH is 1. The Hall–Kier alpha value is -0.970. The van der Waals surface area contributed by atoms with E-state index in [0.717, 1.165) is 30.4 Å². The van der Waals surface area contributed by atoms with Crippen LogP contribution in [0, 0.1) is 10.8 Å². The Morgan fingerprint density at radius 2 is 1.46 bits per heavy atom. The zero-order valence-electron chi connectivity index (χ0n) is 26.8. The molecule has 0 bridgehead atoms. The molecule has 1 aliphatic rings. The minimum Gasteiger partial charge on any atom is -1.00 e. The van der Waals surface area contributed by atoms with E-state index in [1.165, 1.54) is 19.3 Å². The molecule has 0 aliphatic heterocycles. The van der Waals surface area contributed by atoms with Gasteiger partial charge in [-0.1, -0.05) is 34.6 Å². The summed E-state index contributed by atoms with van der Waals surface area (Å²) in [6.07, 6.45) is 6.60. The Kier molecular flexibility index (Phi) is 25.8. The molecule has 9 nitrogen and oxygen atoms in total. The number of quaternary nitrogens is 1. The van der Waals surface area contributed by atoms with Crippen LogP contribution in [0.15, 0.2) is 0 Å². The van der Waals surface area contributed by atoms with Crippen LogP contribution in [0.3, 0.4) is 0 Å². The maximum absolute atomic E-state index is 10.9. The molecule has 0 aromatic heterocycles. The molecule has 1 saturated carbocycles. The Bertz CT molecular complexity index is 623. The van der Waals surface area contributed by atoms with E-state index >= 15 is 0 Å². The van der Waals surface area contributed by atoms with E-state index in [2.05, 4.69) is 66.6 Å². The van der Waals surface area contributed by atoms with Crippen molar-refractivity contribution >= 4 is 11.9 Å². The highest BCUT2D eigenvalue weighted by atomic mass is 35.5. The molecule has 238 valence electrons. The SMILES string of the molecule is CCCC(=O)OCCOCCO.CCCC(=O)OCC[N+](C)(C)C.CNCC1(C)CC(NC)CC(C)(C)C1.[Cl-].[HH]. The third-order valence-corrected chi connectivity index (χ3v) is 6.12. The van der Waals surface area contributed by atoms with Crippen LogP contribution in [0.5, 0.6) is 0 Å². The molecule has 0 aromatic rings. The number of hydrogen-bond donors (Lipinski definition) is 3. The number of nitrogens with zero attached hydrogens (tertiary/aromatic N) is 1. The summed E-state index contributed by atoms with van der Waals surface area (Å²) in [6, 6.07) is 0.692. The molecular formula is C29H64ClN3O6. The van der Waals surface area contributed by atoms with Crippen LogP contribution < -0.4 is 23.0 Å². The monoisotopic (exact) mass is 585 g/mol. The van der Waals surface area contributed by atoms with E-state index in [1.54, 1.807) is 0 Å². The summed E-state index contributed by atoms with van der Waals surface area (Å²) in [7, 11) is 10.4. The molecule has 0 heterocycles. The third-order valence-electron chi connectivity index (χ3n) is 6.12. The maximum Gasteiger partial charge on any atom is 0.305 e. The van der Waals surface area contributed by atoms with E-state index < -0.39 is 0 Å². The molecular weight excluding hydrogens is 522 g/mol. The summed E-state index contributed by atoms with van der Waals surface area (Å²) in [6.45, 7) is 14.6. The van der Waals surface area contributed by atoms with Crippen molar-refractivity contribution in [2.45, 2.75) is 85.6 Å². The standard InChI is InChI=1S/C12H26N2.C9H20NO2.C8H16O4.ClH.H2/c1-11(2)6-10(14-5)7-12(3,8-11)9-13-4;1-5-6-9(11)12-8-7-10(2,3)4;1-2-3-8(10)12-7-6-11-5-4-9;;/h10,13-14H,6-9H2,1-5H3;5-8H2,1-4H3;9H,2-7H2,1H3;2*1H/q;+1;;;/p-1. The van der Waals surface area contributed by atoms with Crippen LogP contribution in [0.1, 0.15) is 81.0 Å². The summed E-state index contributed by atoms with van der Waals surface area (Å²) in [5.41, 5.74) is 0.946. The predicted octanol–water partition coefficient (Wildman–Crippen LogP) is 0.635. The lowest BCUT2D eigenvalue weighted by Gasteiger charge is -2.46. The molecule has 1 fully saturated rings. The molecule has 0 radical (unpaired) electrons. The van der Waals surface area contributed by atoms with Crippen molar-refractivity contribution in [1.82, 2.24) is 10.6 Å². The first-order chi connectivity index (χ1) is 17.7. The molecule has 0 saturated heterocycles. The number of carbonyl (C=O) groups is 2. The second-order valence-electron chi connectivity index (χ2n) is 12.4. The van der Waals surface area contributed by atoms with Crippen molar-refractivity contribution in [2.24, 2.45) is 10.8 Å². The highest BCUT2D eigenvalue weighted by molar-refractivity contribution is 5.69. The van der Waals surface area contributed by atoms with Crippen LogP contribution in [0.25, 0.3) is 0 Å². The first kappa shape index (κ1) is 42.5. The van der Waals surface area contributed by atoms with Gasteiger partial charge in [-0.3, -0.25) is 9.59 Å². The van der Waals surface area contributed by atoms with Gasteiger partial charge in [0.25, 0.3) is 0 Å². The van der Waals surface area contributed by atoms with Crippen LogP contribution in [-0.2, 0) is 23.8 Å². The molecule has 0 spiro atoms. The van der Waals surface area contributed by atoms with Crippen molar-refractivity contribution in [3.05, 3.63) is 0 Å². The second kappa shape index (κ2) is 23.7. The maximum atomic E-state index is 10.9. The van der Waals surface area contributed by atoms with Gasteiger partial charge < -0.3 is 46.8 Å². The average molecular weight is 586 g/mol. The van der Waals surface area contributed by atoms with E-state index in [-0.39, 0.29) is 39.0 Å². The van der Waals surface area contributed by atoms with Crippen LogP contribution >= 0.6 is 0 Å². The number of rotatable bonds is 15. The van der Waals surface area contributed by atoms with Crippen molar-refractivity contribution in [3.63, 3.8) is 0 Å². The summed E-state index contributed by atoms with van der Waals surface area (Å²) >= 11 is 0. The number of esters is 2. The molecule has 39 heavy (non-hydrogen) atoms. The number of halogens is 1. The average Bonchev–Trinajstić information content (AvgIpc) is 2.78. The molecule has 1 rings (SSSR count). The van der Waals surface area contributed by atoms with Crippen LogP contribution in [-0.4, -0.2) is 109 Å². The molecule has 1 aliphatic carbocycles. The molecule has 2 atom stereocenters. The van der Waals surface area contributed by atoms with Crippen molar-refractivity contribution in [2.75, 3.05) is 81.4 Å². The lowest BCUT2D eigenvalue weighted by atomic mass is 9.62. The normalized spacial score (nSPS) is 19.8. The van der Waals surface area contributed by atoms with Crippen LogP contribution in [0.4, 0.5) is 0 Å². The Morgan fingerprint density at radius 1 is 0.923 bits per heavy atom. The Labute approximate surface area is 247 Å². The van der Waals surface area contributed by atoms with E-state index in [0.29, 0.717) is 49.5 Å². The Morgan fingerprint density at radius 3 is 1.90 bits per heavy atom. The van der Waals surface area contributed by atoms with Crippen molar-refractivity contribution < 1.29 is 47.2 Å². The Balaban J connectivity index is -0.000000238. The molecule has 0 aromatic carbocycles. The topological polar surface area (TPSA) is 106 Å². The fourth-order valence-corrected chi connectivity index (χ4v) is 4.77. The number of ether oxygens (including phenoxy) is 3. The van der Waals surface area contributed by atoms with Crippen molar-refractivity contribution in [1.29, 1.82) is 0 Å². The molecule has 3 N–H and O–H groups in total. The van der Waals surface area contributed by atoms with E-state index in [9.17, 15) is 9.59 Å². The second-order valence-corrected chi connectivity index (χ2v) is 12.4. The molecule has 2 unspecified atom stereocenters. The number of likely N-dealkylation sites (N-methyl/N-ethyl adjacent to an activating group) is 1. The highest BCUT2D eigenvalue weighted by Crippen LogP contribution is 2.45. The number of aliphatic hydroxyl groups is 1. The van der Waals surface area contributed by atoms with Gasteiger partial charge in [0.2, 0.25) is 0 Å². The van der Waals surface area contributed by atoms with Gasteiger partial charge in [0.1, 0.15) is 19.8 Å². The first-order valence-electron chi connectivity index (χ1n) is 14.3. The number of carbonyl (C=O) groups excluding carboxylic acids is 2. The lowest BCUT2D eigenvalue weighted by Crippen LogP contribution is -3.00. The predicted molar refractivity (Wildman–Crippen MR) is 157 cm³/mol. The van der Waals surface area contributed by atoms with Gasteiger partial charge in [-0.2, -0.15) is 0 Å². The smallest absolute Gasteiger partial charge is 0.305 e. The minimum absolute atomic E-state index is 0. The van der Waals surface area contributed by atoms with Gasteiger partial charge >= 0.3 is 11.9 Å². The summed E-state index contributed by atoms with van der Waals surface area (Å²) in [5.74, 6) is -0.268. The number of nitrogens with one attached hydrogen (secondary N) is 2. The first-order valence-corrected chi connectivity index (χ1v) is 14.3. The van der Waals surface area contributed by atoms with Gasteiger partial charge in [0, 0.05) is 26.9 Å². The minimum atomic E-state index is -0.190. The molecule has 10 heteroatoms. The van der Waals surface area contributed by atoms with Gasteiger partial charge in [-0.15, -0.1) is 0 Å². The van der Waals surface area contributed by atoms with Gasteiger partial charge in [-0.25, -0.2) is 0 Å². The van der Waals surface area contributed by atoms with Crippen LogP contribution in [0.2, 0.25) is 0 Å². The molecule has 0 amide bonds. The largest absolute Gasteiger partial charge is 1.00 e. The van der Waals surface area contributed by atoms with Gasteiger partial charge in [0.05, 0.1) is 41.0 Å². The quantitative estimate of drug-likeness (QED) is 0.146. The third kappa shape index (κ3) is 27.0. The van der Waals surface area contributed by atoms with Gasteiger partial charge in [0.15, 0.2) is 0 Å². The zero-order chi connectivity index (χ0) is 29.7. The summed E-state index contributed by atoms with van der Waals surface area (Å²) in [5, 5.41) is 15.1. The summed E-state index contributed by atoms with van der Waals surface area (Å²) in [4.78, 5) is 21.6. The van der Waals surface area contributed by atoms with Crippen molar-refractivity contribution in [3.8, 4) is 0 Å². The van der Waals surface area contributed by atoms with E-state index in [1.807, 2.05) is 13.8 Å².